The summed E-state index contributed by atoms with van der Waals surface area (Å²) in [6.45, 7) is 2.09. The number of nitrogens with zero attached hydrogens (tertiary/aromatic N) is 5. The summed E-state index contributed by atoms with van der Waals surface area (Å²) in [7, 11) is 1.81. The molecular weight excluding hydrogens is 284 g/mol. The van der Waals surface area contributed by atoms with E-state index in [9.17, 15) is 5.11 Å². The predicted octanol–water partition coefficient (Wildman–Crippen LogP) is 1.32. The normalized spacial score (nSPS) is 12.3. The second-order valence-electron chi connectivity index (χ2n) is 4.92. The van der Waals surface area contributed by atoms with Crippen LogP contribution >= 0.6 is 0 Å². The Morgan fingerprint density at radius 3 is 3.00 bits per heavy atom. The van der Waals surface area contributed by atoms with Crippen LogP contribution in [0.3, 0.4) is 0 Å². The number of nitrogens with one attached hydrogen (secondary N) is 1. The van der Waals surface area contributed by atoms with Crippen molar-refractivity contribution in [3.8, 4) is 11.5 Å². The molecule has 0 aliphatic carbocycles. The molecule has 0 saturated carbocycles. The van der Waals surface area contributed by atoms with Gasteiger partial charge in [-0.05, 0) is 19.1 Å². The average Bonchev–Trinajstić information content (AvgIpc) is 3.14. The fourth-order valence-electron chi connectivity index (χ4n) is 2.01. The lowest BCUT2D eigenvalue weighted by molar-refractivity contribution is 0.191. The highest BCUT2D eigenvalue weighted by Gasteiger charge is 2.11. The first-order chi connectivity index (χ1) is 10.6. The number of pyridine rings is 1. The largest absolute Gasteiger partial charge is 0.386 e. The average molecular weight is 300 g/mol. The lowest BCUT2D eigenvalue weighted by atomic mass is 10.2. The first kappa shape index (κ1) is 14.2. The van der Waals surface area contributed by atoms with Gasteiger partial charge in [0.15, 0.2) is 5.82 Å². The van der Waals surface area contributed by atoms with Crippen molar-refractivity contribution in [2.24, 2.45) is 7.05 Å². The Hall–Kier alpha value is -2.74. The number of aromatic nitrogens is 5. The molecule has 22 heavy (non-hydrogen) atoms. The maximum atomic E-state index is 10.1. The van der Waals surface area contributed by atoms with E-state index in [1.165, 1.54) is 0 Å². The minimum absolute atomic E-state index is 0.324. The van der Waals surface area contributed by atoms with Gasteiger partial charge in [0.05, 0.1) is 12.3 Å². The second kappa shape index (κ2) is 5.94. The van der Waals surface area contributed by atoms with Crippen molar-refractivity contribution in [3.63, 3.8) is 0 Å². The van der Waals surface area contributed by atoms with E-state index in [-0.39, 0.29) is 0 Å². The number of rotatable bonds is 5. The molecule has 1 unspecified atom stereocenters. The molecule has 3 aromatic heterocycles. The minimum Gasteiger partial charge on any atom is -0.386 e. The van der Waals surface area contributed by atoms with Crippen molar-refractivity contribution < 1.29 is 9.63 Å². The molecule has 114 valence electrons. The molecular formula is C14H16N6O2. The summed E-state index contributed by atoms with van der Waals surface area (Å²) in [5.41, 5.74) is 1.52. The van der Waals surface area contributed by atoms with Gasteiger partial charge in [0.1, 0.15) is 5.82 Å². The van der Waals surface area contributed by atoms with E-state index in [0.29, 0.717) is 24.1 Å². The Balaban J connectivity index is 1.68. The number of anilines is 1. The second-order valence-corrected chi connectivity index (χ2v) is 4.92. The van der Waals surface area contributed by atoms with E-state index in [0.717, 1.165) is 11.1 Å². The van der Waals surface area contributed by atoms with Crippen LogP contribution in [0.25, 0.3) is 11.5 Å². The molecule has 0 spiro atoms. The highest BCUT2D eigenvalue weighted by molar-refractivity contribution is 5.57. The van der Waals surface area contributed by atoms with Gasteiger partial charge in [-0.3, -0.25) is 4.68 Å². The summed E-state index contributed by atoms with van der Waals surface area (Å²) in [5.74, 6) is 1.64. The molecule has 1 atom stereocenters. The maximum Gasteiger partial charge on any atom is 0.258 e. The van der Waals surface area contributed by atoms with Crippen LogP contribution < -0.4 is 5.32 Å². The molecule has 0 aromatic carbocycles. The molecule has 0 amide bonds. The van der Waals surface area contributed by atoms with Crippen molar-refractivity contribution in [2.45, 2.75) is 13.0 Å². The third kappa shape index (κ3) is 3.12. The van der Waals surface area contributed by atoms with Crippen LogP contribution in [0.4, 0.5) is 5.82 Å². The predicted molar refractivity (Wildman–Crippen MR) is 78.9 cm³/mol. The topological polar surface area (TPSA) is 102 Å². The zero-order chi connectivity index (χ0) is 15.5. The van der Waals surface area contributed by atoms with Gasteiger partial charge in [0.2, 0.25) is 0 Å². The van der Waals surface area contributed by atoms with E-state index in [1.807, 2.05) is 0 Å². The zero-order valence-corrected chi connectivity index (χ0v) is 12.3. The highest BCUT2D eigenvalue weighted by atomic mass is 16.5. The molecule has 8 heteroatoms. The van der Waals surface area contributed by atoms with E-state index >= 15 is 0 Å². The van der Waals surface area contributed by atoms with E-state index in [1.54, 1.807) is 49.4 Å². The lowest BCUT2D eigenvalue weighted by Gasteiger charge is -2.10. The van der Waals surface area contributed by atoms with E-state index in [2.05, 4.69) is 25.5 Å². The fraction of sp³-hybridized carbons (Fsp3) is 0.286. The summed E-state index contributed by atoms with van der Waals surface area (Å²) in [6, 6.07) is 3.58. The summed E-state index contributed by atoms with van der Waals surface area (Å²) >= 11 is 0. The van der Waals surface area contributed by atoms with Gasteiger partial charge >= 0.3 is 0 Å². The highest BCUT2D eigenvalue weighted by Crippen LogP contribution is 2.20. The van der Waals surface area contributed by atoms with Crippen molar-refractivity contribution >= 4 is 5.82 Å². The number of aryl methyl sites for hydroxylation is 2. The third-order valence-corrected chi connectivity index (χ3v) is 3.12. The van der Waals surface area contributed by atoms with Crippen LogP contribution in [0.15, 0.2) is 35.2 Å². The number of aliphatic hydroxyl groups is 1. The Bertz CT molecular complexity index is 766. The molecule has 0 fully saturated rings. The third-order valence-electron chi connectivity index (χ3n) is 3.12. The van der Waals surface area contributed by atoms with Crippen molar-refractivity contribution in [1.82, 2.24) is 24.9 Å². The monoisotopic (exact) mass is 300 g/mol. The Morgan fingerprint density at radius 2 is 2.32 bits per heavy atom. The molecule has 0 saturated heterocycles. The van der Waals surface area contributed by atoms with Gasteiger partial charge in [0.25, 0.3) is 5.89 Å². The van der Waals surface area contributed by atoms with Gasteiger partial charge in [-0.1, -0.05) is 5.16 Å². The SMILES string of the molecule is Cc1noc(-c2ccnc(NCC(O)c3cnn(C)c3)c2)n1. The first-order valence-electron chi connectivity index (χ1n) is 6.79. The zero-order valence-electron chi connectivity index (χ0n) is 12.3. The summed E-state index contributed by atoms with van der Waals surface area (Å²) in [6.07, 6.45) is 4.40. The van der Waals surface area contributed by atoms with Crippen LogP contribution in [0, 0.1) is 6.92 Å². The Morgan fingerprint density at radius 1 is 1.45 bits per heavy atom. The lowest BCUT2D eigenvalue weighted by Crippen LogP contribution is -2.12. The minimum atomic E-state index is -0.662. The standard InChI is InChI=1S/C14H16N6O2/c1-9-18-14(22-19-9)10-3-4-15-13(5-10)16-7-12(21)11-6-17-20(2)8-11/h3-6,8,12,21H,7H2,1-2H3,(H,15,16). The molecule has 0 bridgehead atoms. The molecule has 3 heterocycles. The van der Waals surface area contributed by atoms with Crippen LogP contribution in [0.2, 0.25) is 0 Å². The van der Waals surface area contributed by atoms with Gasteiger partial charge < -0.3 is 14.9 Å². The quantitative estimate of drug-likeness (QED) is 0.732. The first-order valence-corrected chi connectivity index (χ1v) is 6.79. The molecule has 3 aromatic rings. The molecule has 0 radical (unpaired) electrons. The number of hydrogen-bond donors (Lipinski definition) is 2. The fourth-order valence-corrected chi connectivity index (χ4v) is 2.01. The van der Waals surface area contributed by atoms with Crippen LogP contribution in [0.1, 0.15) is 17.5 Å². The maximum absolute atomic E-state index is 10.1. The van der Waals surface area contributed by atoms with Crippen LogP contribution in [-0.4, -0.2) is 36.6 Å². The Labute approximate surface area is 126 Å². The van der Waals surface area contributed by atoms with Crippen LogP contribution in [-0.2, 0) is 7.05 Å². The summed E-state index contributed by atoms with van der Waals surface area (Å²) in [5, 5.41) is 21.0. The molecule has 0 aliphatic heterocycles. The molecule has 8 nitrogen and oxygen atoms in total. The van der Waals surface area contributed by atoms with Gasteiger partial charge in [0, 0.05) is 37.1 Å². The van der Waals surface area contributed by atoms with Gasteiger partial charge in [-0.2, -0.15) is 10.1 Å². The smallest absolute Gasteiger partial charge is 0.258 e. The number of aliphatic hydroxyl groups excluding tert-OH is 1. The molecule has 0 aliphatic rings. The Kier molecular flexibility index (Phi) is 3.84. The van der Waals surface area contributed by atoms with Gasteiger partial charge in [-0.15, -0.1) is 0 Å². The molecule has 3 rings (SSSR count). The van der Waals surface area contributed by atoms with E-state index in [4.69, 9.17) is 4.52 Å². The molecule has 2 N–H and O–H groups in total. The van der Waals surface area contributed by atoms with Gasteiger partial charge in [-0.25, -0.2) is 4.98 Å². The number of hydrogen-bond acceptors (Lipinski definition) is 7. The summed E-state index contributed by atoms with van der Waals surface area (Å²) in [4.78, 5) is 8.38. The summed E-state index contributed by atoms with van der Waals surface area (Å²) < 4.78 is 6.77. The van der Waals surface area contributed by atoms with E-state index < -0.39 is 6.10 Å². The van der Waals surface area contributed by atoms with Crippen molar-refractivity contribution in [1.29, 1.82) is 0 Å². The van der Waals surface area contributed by atoms with Crippen molar-refractivity contribution in [2.75, 3.05) is 11.9 Å². The van der Waals surface area contributed by atoms with Crippen LogP contribution in [0.5, 0.6) is 0 Å². The van der Waals surface area contributed by atoms with Crippen molar-refractivity contribution in [3.05, 3.63) is 42.1 Å².